The molecule has 0 spiro atoms. The number of rotatable bonds is 2. The highest BCUT2D eigenvalue weighted by atomic mass is 16.4. The highest BCUT2D eigenvalue weighted by Gasteiger charge is 2.16. The molecule has 10 heavy (non-hydrogen) atoms. The van der Waals surface area contributed by atoms with Gasteiger partial charge in [0.05, 0.1) is 6.10 Å². The minimum absolute atomic E-state index is 0. The molecule has 0 bridgehead atoms. The lowest BCUT2D eigenvalue weighted by atomic mass is 10.2. The number of nitrogens with two attached hydrogens (primary N) is 1. The van der Waals surface area contributed by atoms with Crippen LogP contribution in [0.15, 0.2) is 0 Å². The van der Waals surface area contributed by atoms with Crippen molar-refractivity contribution >= 4 is 5.97 Å². The minimum atomic E-state index is -1.18. The first-order valence-electron chi connectivity index (χ1n) is 2.22. The fraction of sp³-hybridized carbons (Fsp3) is 0.750. The summed E-state index contributed by atoms with van der Waals surface area (Å²) in [5.74, 6) is -1.18. The van der Waals surface area contributed by atoms with Gasteiger partial charge in [0.25, 0.3) is 0 Å². The van der Waals surface area contributed by atoms with Gasteiger partial charge in [-0.25, -0.2) is 0 Å². The predicted octanol–water partition coefficient (Wildman–Crippen LogP) is -2.87. The van der Waals surface area contributed by atoms with Gasteiger partial charge in [0.1, 0.15) is 6.04 Å². The highest BCUT2D eigenvalue weighted by molar-refractivity contribution is 5.73. The second kappa shape index (κ2) is 6.43. The molecule has 0 aliphatic carbocycles. The van der Waals surface area contributed by atoms with Crippen LogP contribution in [0, 0.1) is 0 Å². The van der Waals surface area contributed by atoms with Crippen LogP contribution in [0.3, 0.4) is 0 Å². The molecular weight excluding hydrogens is 142 g/mol. The Morgan fingerprint density at radius 1 is 1.50 bits per heavy atom. The van der Waals surface area contributed by atoms with Crippen molar-refractivity contribution in [3.05, 3.63) is 0 Å². The zero-order chi connectivity index (χ0) is 6.73. The number of aliphatic carboxylic acids is 1. The summed E-state index contributed by atoms with van der Waals surface area (Å²) < 4.78 is 0. The van der Waals surface area contributed by atoms with Crippen LogP contribution in [0.5, 0.6) is 0 Å². The molecule has 0 fully saturated rings. The fourth-order valence-electron chi connectivity index (χ4n) is 0.206. The molecule has 0 amide bonds. The van der Waals surface area contributed by atoms with Crippen molar-refractivity contribution in [3.8, 4) is 0 Å². The molecule has 0 saturated carbocycles. The summed E-state index contributed by atoms with van der Waals surface area (Å²) in [7, 11) is 0. The Morgan fingerprint density at radius 2 is 1.80 bits per heavy atom. The maximum atomic E-state index is 9.86. The Hall–Kier alpha value is -0.690. The molecular formula is C4H13NO5. The van der Waals surface area contributed by atoms with Crippen LogP contribution in [0.2, 0.25) is 0 Å². The summed E-state index contributed by atoms with van der Waals surface area (Å²) in [4.78, 5) is 9.86. The van der Waals surface area contributed by atoms with Crippen molar-refractivity contribution in [1.82, 2.24) is 0 Å². The van der Waals surface area contributed by atoms with Gasteiger partial charge in [0, 0.05) is 0 Å². The number of carboxylic acids is 1. The van der Waals surface area contributed by atoms with Crippen LogP contribution in [-0.4, -0.2) is 39.3 Å². The van der Waals surface area contributed by atoms with Crippen molar-refractivity contribution < 1.29 is 26.0 Å². The number of hydrogen-bond acceptors (Lipinski definition) is 3. The molecule has 2 unspecified atom stereocenters. The van der Waals surface area contributed by atoms with Gasteiger partial charge in [-0.05, 0) is 6.92 Å². The van der Waals surface area contributed by atoms with E-state index in [0.29, 0.717) is 0 Å². The van der Waals surface area contributed by atoms with E-state index in [-0.39, 0.29) is 11.0 Å². The molecule has 0 rings (SSSR count). The molecule has 0 aromatic rings. The first-order valence-corrected chi connectivity index (χ1v) is 2.22. The van der Waals surface area contributed by atoms with E-state index in [1.165, 1.54) is 6.92 Å². The summed E-state index contributed by atoms with van der Waals surface area (Å²) >= 11 is 0. The molecule has 6 heteroatoms. The van der Waals surface area contributed by atoms with Crippen LogP contribution in [-0.2, 0) is 4.79 Å². The number of carbonyl (C=O) groups is 1. The Balaban J connectivity index is -0.000000245. The first-order chi connectivity index (χ1) is 3.55. The van der Waals surface area contributed by atoms with E-state index in [2.05, 4.69) is 0 Å². The van der Waals surface area contributed by atoms with E-state index in [0.717, 1.165) is 0 Å². The zero-order valence-electron chi connectivity index (χ0n) is 5.53. The minimum Gasteiger partial charge on any atom is -0.480 e. The highest BCUT2D eigenvalue weighted by Crippen LogP contribution is 1.85. The molecule has 0 saturated heterocycles. The van der Waals surface area contributed by atoms with Crippen molar-refractivity contribution in [2.24, 2.45) is 5.73 Å². The van der Waals surface area contributed by atoms with Crippen LogP contribution < -0.4 is 5.73 Å². The zero-order valence-corrected chi connectivity index (χ0v) is 5.53. The smallest absolute Gasteiger partial charge is 0.323 e. The lowest BCUT2D eigenvalue weighted by Crippen LogP contribution is -2.39. The van der Waals surface area contributed by atoms with Crippen molar-refractivity contribution in [3.63, 3.8) is 0 Å². The summed E-state index contributed by atoms with van der Waals surface area (Å²) in [6.07, 6.45) is -0.979. The molecule has 8 N–H and O–H groups in total. The Bertz CT molecular complexity index is 93.6. The van der Waals surface area contributed by atoms with E-state index in [4.69, 9.17) is 15.9 Å². The largest absolute Gasteiger partial charge is 0.480 e. The average molecular weight is 155 g/mol. The molecule has 6 nitrogen and oxygen atoms in total. The molecule has 0 radical (unpaired) electrons. The van der Waals surface area contributed by atoms with Crippen LogP contribution in [0.25, 0.3) is 0 Å². The lowest BCUT2D eigenvalue weighted by Gasteiger charge is -2.06. The van der Waals surface area contributed by atoms with Gasteiger partial charge in [-0.1, -0.05) is 0 Å². The van der Waals surface area contributed by atoms with E-state index in [9.17, 15) is 4.79 Å². The van der Waals surface area contributed by atoms with Gasteiger partial charge in [0.15, 0.2) is 0 Å². The van der Waals surface area contributed by atoms with E-state index in [1.807, 2.05) is 0 Å². The molecule has 64 valence electrons. The monoisotopic (exact) mass is 155 g/mol. The van der Waals surface area contributed by atoms with Crippen molar-refractivity contribution in [2.75, 3.05) is 0 Å². The third-order valence-electron chi connectivity index (χ3n) is 0.805. The van der Waals surface area contributed by atoms with Gasteiger partial charge in [-0.3, -0.25) is 4.79 Å². The lowest BCUT2D eigenvalue weighted by molar-refractivity contribution is -0.140. The SMILES string of the molecule is CC(O)C(N)C(=O)O.O.O. The summed E-state index contributed by atoms with van der Waals surface area (Å²) in [5, 5.41) is 16.6. The molecule has 0 aromatic heterocycles. The summed E-state index contributed by atoms with van der Waals surface area (Å²) in [6, 6.07) is -1.16. The van der Waals surface area contributed by atoms with E-state index in [1.54, 1.807) is 0 Å². The predicted molar refractivity (Wildman–Crippen MR) is 34.5 cm³/mol. The van der Waals surface area contributed by atoms with Crippen molar-refractivity contribution in [1.29, 1.82) is 0 Å². The Morgan fingerprint density at radius 3 is 1.80 bits per heavy atom. The maximum Gasteiger partial charge on any atom is 0.323 e. The third kappa shape index (κ3) is 5.45. The number of aliphatic hydroxyl groups is 1. The first kappa shape index (κ1) is 16.1. The van der Waals surface area contributed by atoms with E-state index < -0.39 is 18.1 Å². The van der Waals surface area contributed by atoms with Crippen LogP contribution in [0.1, 0.15) is 6.92 Å². The van der Waals surface area contributed by atoms with Crippen molar-refractivity contribution in [2.45, 2.75) is 19.1 Å². The van der Waals surface area contributed by atoms with Crippen LogP contribution in [0.4, 0.5) is 0 Å². The molecule has 0 heterocycles. The molecule has 0 aromatic carbocycles. The maximum absolute atomic E-state index is 9.86. The number of carboxylic acid groups (broad SMARTS) is 1. The second-order valence-electron chi connectivity index (χ2n) is 1.60. The van der Waals surface area contributed by atoms with Gasteiger partial charge in [-0.15, -0.1) is 0 Å². The quantitative estimate of drug-likeness (QED) is 0.393. The molecule has 0 aliphatic rings. The number of hydrogen-bond donors (Lipinski definition) is 3. The average Bonchev–Trinajstić information content (AvgIpc) is 1.64. The van der Waals surface area contributed by atoms with Gasteiger partial charge < -0.3 is 26.9 Å². The second-order valence-corrected chi connectivity index (χ2v) is 1.60. The van der Waals surface area contributed by atoms with Gasteiger partial charge in [0.2, 0.25) is 0 Å². The van der Waals surface area contributed by atoms with Gasteiger partial charge >= 0.3 is 5.97 Å². The third-order valence-corrected chi connectivity index (χ3v) is 0.805. The molecule has 0 aliphatic heterocycles. The standard InChI is InChI=1S/C4H9NO3.2H2O/c1-2(6)3(5)4(7)8;;/h2-3,6H,5H2,1H3,(H,7,8);2*1H2. The molecule has 2 atom stereocenters. The van der Waals surface area contributed by atoms with Crippen LogP contribution >= 0.6 is 0 Å². The van der Waals surface area contributed by atoms with Gasteiger partial charge in [-0.2, -0.15) is 0 Å². The fourth-order valence-corrected chi connectivity index (χ4v) is 0.206. The number of aliphatic hydroxyl groups excluding tert-OH is 1. The Kier molecular flexibility index (Phi) is 10.4. The normalized spacial score (nSPS) is 13.9. The summed E-state index contributed by atoms with van der Waals surface area (Å²) in [5.41, 5.74) is 4.91. The van der Waals surface area contributed by atoms with E-state index >= 15 is 0 Å². The topological polar surface area (TPSA) is 147 Å². The summed E-state index contributed by atoms with van der Waals surface area (Å²) in [6.45, 7) is 1.33. The Labute approximate surface area is 57.9 Å².